The number of hydrogen-bond donors (Lipinski definition) is 1. The number of benzene rings is 1. The lowest BCUT2D eigenvalue weighted by atomic mass is 9.87. The average Bonchev–Trinajstić information content (AvgIpc) is 2.50. The van der Waals surface area contributed by atoms with Gasteiger partial charge in [0.05, 0.1) is 6.61 Å². The summed E-state index contributed by atoms with van der Waals surface area (Å²) >= 11 is 0. The van der Waals surface area contributed by atoms with Gasteiger partial charge in [-0.15, -0.1) is 6.58 Å². The van der Waals surface area contributed by atoms with Crippen LogP contribution in [0.2, 0.25) is 0 Å². The zero-order valence-electron chi connectivity index (χ0n) is 12.6. The lowest BCUT2D eigenvalue weighted by molar-refractivity contribution is 0.181. The largest absolute Gasteiger partial charge is 0.493 e. The average molecular weight is 273 g/mol. The van der Waals surface area contributed by atoms with E-state index in [9.17, 15) is 0 Å². The molecule has 0 aromatic heterocycles. The van der Waals surface area contributed by atoms with Crippen molar-refractivity contribution in [3.63, 3.8) is 0 Å². The smallest absolute Gasteiger partial charge is 0.122 e. The highest BCUT2D eigenvalue weighted by atomic mass is 16.5. The molecule has 1 N–H and O–H groups in total. The van der Waals surface area contributed by atoms with Gasteiger partial charge in [-0.2, -0.15) is 0 Å². The predicted octanol–water partition coefficient (Wildman–Crippen LogP) is 3.96. The van der Waals surface area contributed by atoms with Gasteiger partial charge in [-0.25, -0.2) is 0 Å². The molecule has 110 valence electrons. The molecule has 2 atom stereocenters. The molecule has 0 saturated carbocycles. The second kappa shape index (κ2) is 8.11. The minimum absolute atomic E-state index is 0.562. The Bertz CT molecular complexity index is 416. The summed E-state index contributed by atoms with van der Waals surface area (Å²) in [6.07, 6.45) is 9.39. The lowest BCUT2D eigenvalue weighted by Gasteiger charge is -2.31. The van der Waals surface area contributed by atoms with E-state index in [1.165, 1.54) is 31.2 Å². The maximum atomic E-state index is 5.91. The number of unbranched alkanes of at least 4 members (excludes halogenated alkanes) is 3. The summed E-state index contributed by atoms with van der Waals surface area (Å²) in [5.74, 6) is 1.67. The van der Waals surface area contributed by atoms with Crippen molar-refractivity contribution in [2.45, 2.75) is 44.6 Å². The van der Waals surface area contributed by atoms with Crippen LogP contribution in [0.1, 0.15) is 37.7 Å². The molecule has 0 spiro atoms. The SMILES string of the molecule is C=CCCCCCC(NC)C1COc2ccccc2C1. The molecule has 1 aromatic carbocycles. The normalized spacial score (nSPS) is 18.9. The minimum atomic E-state index is 0.562. The Morgan fingerprint density at radius 3 is 3.00 bits per heavy atom. The van der Waals surface area contributed by atoms with Gasteiger partial charge in [0.2, 0.25) is 0 Å². The first-order valence-electron chi connectivity index (χ1n) is 7.84. The van der Waals surface area contributed by atoms with Crippen molar-refractivity contribution in [2.24, 2.45) is 5.92 Å². The maximum Gasteiger partial charge on any atom is 0.122 e. The number of rotatable bonds is 8. The van der Waals surface area contributed by atoms with Crippen LogP contribution in [-0.2, 0) is 6.42 Å². The molecule has 2 heteroatoms. The van der Waals surface area contributed by atoms with Crippen LogP contribution < -0.4 is 10.1 Å². The molecular formula is C18H27NO. The fraction of sp³-hybridized carbons (Fsp3) is 0.556. The van der Waals surface area contributed by atoms with Crippen molar-refractivity contribution in [3.05, 3.63) is 42.5 Å². The maximum absolute atomic E-state index is 5.91. The number of hydrogen-bond acceptors (Lipinski definition) is 2. The number of nitrogens with one attached hydrogen (secondary N) is 1. The summed E-state index contributed by atoms with van der Waals surface area (Å²) in [6.45, 7) is 4.62. The van der Waals surface area contributed by atoms with Gasteiger partial charge in [0.25, 0.3) is 0 Å². The van der Waals surface area contributed by atoms with Crippen molar-refractivity contribution >= 4 is 0 Å². The number of ether oxygens (including phenoxy) is 1. The van der Waals surface area contributed by atoms with Gasteiger partial charge in [0, 0.05) is 12.0 Å². The van der Waals surface area contributed by atoms with E-state index in [1.807, 2.05) is 12.1 Å². The van der Waals surface area contributed by atoms with E-state index in [0.29, 0.717) is 12.0 Å². The van der Waals surface area contributed by atoms with Crippen LogP contribution in [0.5, 0.6) is 5.75 Å². The van der Waals surface area contributed by atoms with Crippen LogP contribution in [0.4, 0.5) is 0 Å². The standard InChI is InChI=1S/C18H27NO/c1-3-4-5-6-7-11-17(19-2)16-13-15-10-8-9-12-18(15)20-14-16/h3,8-10,12,16-17,19H,1,4-7,11,13-14H2,2H3. The lowest BCUT2D eigenvalue weighted by Crippen LogP contribution is -2.39. The van der Waals surface area contributed by atoms with E-state index >= 15 is 0 Å². The fourth-order valence-corrected chi connectivity index (χ4v) is 3.06. The second-order valence-corrected chi connectivity index (χ2v) is 5.70. The highest BCUT2D eigenvalue weighted by molar-refractivity contribution is 5.35. The van der Waals surface area contributed by atoms with Crippen molar-refractivity contribution in [1.29, 1.82) is 0 Å². The molecule has 2 nitrogen and oxygen atoms in total. The summed E-state index contributed by atoms with van der Waals surface area (Å²) in [5.41, 5.74) is 1.36. The molecule has 2 rings (SSSR count). The van der Waals surface area contributed by atoms with Gasteiger partial charge >= 0.3 is 0 Å². The first-order valence-corrected chi connectivity index (χ1v) is 7.84. The topological polar surface area (TPSA) is 21.3 Å². The molecule has 1 aliphatic rings. The van der Waals surface area contributed by atoms with Gasteiger partial charge in [-0.05, 0) is 44.4 Å². The molecule has 0 fully saturated rings. The van der Waals surface area contributed by atoms with Gasteiger partial charge < -0.3 is 10.1 Å². The molecule has 0 aliphatic carbocycles. The first-order chi connectivity index (χ1) is 9.85. The molecule has 20 heavy (non-hydrogen) atoms. The predicted molar refractivity (Wildman–Crippen MR) is 85.3 cm³/mol. The van der Waals surface area contributed by atoms with Crippen LogP contribution in [0.3, 0.4) is 0 Å². The number of fused-ring (bicyclic) bond motifs is 1. The zero-order valence-corrected chi connectivity index (χ0v) is 12.6. The molecule has 0 saturated heterocycles. The first kappa shape index (κ1) is 15.1. The van der Waals surface area contributed by atoms with Gasteiger partial charge in [0.1, 0.15) is 5.75 Å². The van der Waals surface area contributed by atoms with Crippen molar-refractivity contribution in [3.8, 4) is 5.75 Å². The minimum Gasteiger partial charge on any atom is -0.493 e. The Balaban J connectivity index is 1.82. The van der Waals surface area contributed by atoms with Crippen LogP contribution in [0.25, 0.3) is 0 Å². The Kier molecular flexibility index (Phi) is 6.13. The van der Waals surface area contributed by atoms with Crippen molar-refractivity contribution in [1.82, 2.24) is 5.32 Å². The molecule has 1 aliphatic heterocycles. The summed E-state index contributed by atoms with van der Waals surface area (Å²) in [6, 6.07) is 8.99. The van der Waals surface area contributed by atoms with Gasteiger partial charge in [0.15, 0.2) is 0 Å². The molecule has 0 bridgehead atoms. The molecule has 1 aromatic rings. The van der Waals surface area contributed by atoms with Crippen molar-refractivity contribution < 1.29 is 4.74 Å². The third-order valence-electron chi connectivity index (χ3n) is 4.27. The number of allylic oxidation sites excluding steroid dienone is 1. The molecule has 2 unspecified atom stereocenters. The Morgan fingerprint density at radius 1 is 1.35 bits per heavy atom. The van der Waals surface area contributed by atoms with E-state index in [2.05, 4.69) is 37.1 Å². The highest BCUT2D eigenvalue weighted by Gasteiger charge is 2.25. The Morgan fingerprint density at radius 2 is 2.20 bits per heavy atom. The van der Waals surface area contributed by atoms with E-state index in [1.54, 1.807) is 0 Å². The summed E-state index contributed by atoms with van der Waals surface area (Å²) in [4.78, 5) is 0. The van der Waals surface area contributed by atoms with Gasteiger partial charge in [-0.3, -0.25) is 0 Å². The summed E-state index contributed by atoms with van der Waals surface area (Å²) < 4.78 is 5.91. The van der Waals surface area contributed by atoms with E-state index in [0.717, 1.165) is 25.2 Å². The summed E-state index contributed by atoms with van der Waals surface area (Å²) in [7, 11) is 2.08. The third-order valence-corrected chi connectivity index (χ3v) is 4.27. The monoisotopic (exact) mass is 273 g/mol. The molecule has 0 radical (unpaired) electrons. The molecule has 1 heterocycles. The summed E-state index contributed by atoms with van der Waals surface area (Å²) in [5, 5.41) is 3.49. The fourth-order valence-electron chi connectivity index (χ4n) is 3.06. The Labute approximate surface area is 123 Å². The highest BCUT2D eigenvalue weighted by Crippen LogP contribution is 2.29. The quantitative estimate of drug-likeness (QED) is 0.572. The second-order valence-electron chi connectivity index (χ2n) is 5.70. The Hall–Kier alpha value is -1.28. The number of para-hydroxylation sites is 1. The molecular weight excluding hydrogens is 246 g/mol. The van der Waals surface area contributed by atoms with E-state index < -0.39 is 0 Å². The third kappa shape index (κ3) is 4.11. The zero-order chi connectivity index (χ0) is 14.2. The van der Waals surface area contributed by atoms with E-state index in [4.69, 9.17) is 4.74 Å². The van der Waals surface area contributed by atoms with Crippen LogP contribution in [0, 0.1) is 5.92 Å². The van der Waals surface area contributed by atoms with Crippen LogP contribution in [0.15, 0.2) is 36.9 Å². The van der Waals surface area contributed by atoms with Crippen molar-refractivity contribution in [2.75, 3.05) is 13.7 Å². The molecule has 0 amide bonds. The van der Waals surface area contributed by atoms with Crippen LogP contribution >= 0.6 is 0 Å². The van der Waals surface area contributed by atoms with E-state index in [-0.39, 0.29) is 0 Å². The van der Waals surface area contributed by atoms with Gasteiger partial charge in [-0.1, -0.05) is 37.1 Å². The van der Waals surface area contributed by atoms with Crippen LogP contribution in [-0.4, -0.2) is 19.7 Å².